The molecule has 3 aromatic heterocycles. The summed E-state index contributed by atoms with van der Waals surface area (Å²) in [6.07, 6.45) is 6.64. The quantitative estimate of drug-likeness (QED) is 0.170. The van der Waals surface area contributed by atoms with Gasteiger partial charge in [-0.25, -0.2) is 4.98 Å². The number of hydrogen-bond acceptors (Lipinski definition) is 2. The van der Waals surface area contributed by atoms with Crippen molar-refractivity contribution in [3.05, 3.63) is 223 Å². The molecule has 0 amide bonds. The van der Waals surface area contributed by atoms with E-state index in [1.165, 1.54) is 55.2 Å². The highest BCUT2D eigenvalue weighted by atomic mass is 15.1. The third-order valence-corrected chi connectivity index (χ3v) is 11.6. The number of rotatable bonds is 6. The SMILES string of the molecule is CN1C(c2ccccc2)=CC(c2cccc(-n3c4cc(-c5cccc6c7ccccc7n(-c7ccccc7)c56)ccc4c4cccnc43)c2)=CC1c1ccccc1. The van der Waals surface area contributed by atoms with Crippen molar-refractivity contribution in [2.45, 2.75) is 6.04 Å². The zero-order valence-electron chi connectivity index (χ0n) is 31.5. The van der Waals surface area contributed by atoms with E-state index in [1.54, 1.807) is 0 Å². The van der Waals surface area contributed by atoms with Gasteiger partial charge in [0.1, 0.15) is 5.65 Å². The number of aromatic nitrogens is 3. The molecule has 0 radical (unpaired) electrons. The molecule has 4 heterocycles. The molecule has 0 fully saturated rings. The molecular formula is C53H38N4. The van der Waals surface area contributed by atoms with E-state index in [2.05, 4.69) is 215 Å². The molecule has 1 aliphatic rings. The second kappa shape index (κ2) is 13.4. The number of nitrogens with zero attached hydrogens (tertiary/aromatic N) is 4. The molecule has 11 rings (SSSR count). The molecule has 10 aromatic rings. The minimum atomic E-state index is 0.0803. The van der Waals surface area contributed by atoms with Crippen molar-refractivity contribution in [2.75, 3.05) is 7.05 Å². The van der Waals surface area contributed by atoms with Gasteiger partial charge in [-0.15, -0.1) is 0 Å². The van der Waals surface area contributed by atoms with Crippen LogP contribution in [-0.4, -0.2) is 26.1 Å². The summed E-state index contributed by atoms with van der Waals surface area (Å²) in [6, 6.07) is 67.8. The van der Waals surface area contributed by atoms with Gasteiger partial charge in [-0.05, 0) is 88.5 Å². The zero-order valence-corrected chi connectivity index (χ0v) is 31.5. The smallest absolute Gasteiger partial charge is 0.145 e. The predicted molar refractivity (Wildman–Crippen MR) is 238 cm³/mol. The topological polar surface area (TPSA) is 26.0 Å². The standard InChI is InChI=1S/C53H38N4/c1-55-49(36-16-5-2-6-17-36)34-40(35-50(55)37-18-7-3-8-19-37)38-20-13-23-42(32-38)57-51-33-39(29-30-45(51)47-27-15-31-54-53(47)57)43-25-14-26-46-44-24-11-12-28-48(44)56(52(43)46)41-21-9-4-10-22-41/h2-35,49H,1H3. The first-order chi connectivity index (χ1) is 28.2. The van der Waals surface area contributed by atoms with Gasteiger partial charge in [0.25, 0.3) is 0 Å². The van der Waals surface area contributed by atoms with Crippen molar-refractivity contribution in [3.63, 3.8) is 0 Å². The Morgan fingerprint density at radius 1 is 0.474 bits per heavy atom. The Kier molecular flexibility index (Phi) is 7.75. The van der Waals surface area contributed by atoms with E-state index >= 15 is 0 Å². The van der Waals surface area contributed by atoms with Crippen LogP contribution in [0.4, 0.5) is 0 Å². The van der Waals surface area contributed by atoms with Gasteiger partial charge in [-0.3, -0.25) is 4.57 Å². The first-order valence-corrected chi connectivity index (χ1v) is 19.6. The molecule has 7 aromatic carbocycles. The van der Waals surface area contributed by atoms with Crippen molar-refractivity contribution >= 4 is 55.0 Å². The summed E-state index contributed by atoms with van der Waals surface area (Å²) in [7, 11) is 2.20. The Morgan fingerprint density at radius 3 is 1.98 bits per heavy atom. The van der Waals surface area contributed by atoms with E-state index in [1.807, 2.05) is 12.3 Å². The summed E-state index contributed by atoms with van der Waals surface area (Å²) >= 11 is 0. The molecule has 4 heteroatoms. The van der Waals surface area contributed by atoms with Crippen molar-refractivity contribution in [3.8, 4) is 22.5 Å². The highest BCUT2D eigenvalue weighted by molar-refractivity contribution is 6.15. The minimum Gasteiger partial charge on any atom is -0.364 e. The minimum absolute atomic E-state index is 0.0803. The van der Waals surface area contributed by atoms with Crippen molar-refractivity contribution in [1.29, 1.82) is 0 Å². The van der Waals surface area contributed by atoms with Gasteiger partial charge in [-0.2, -0.15) is 0 Å². The molecule has 1 atom stereocenters. The Labute approximate surface area is 331 Å². The highest BCUT2D eigenvalue weighted by Crippen LogP contribution is 2.42. The number of para-hydroxylation sites is 3. The molecular weight excluding hydrogens is 693 g/mol. The Hall–Kier alpha value is -7.43. The van der Waals surface area contributed by atoms with Gasteiger partial charge >= 0.3 is 0 Å². The van der Waals surface area contributed by atoms with E-state index in [0.717, 1.165) is 39.1 Å². The number of benzene rings is 7. The van der Waals surface area contributed by atoms with Crippen LogP contribution in [0, 0.1) is 0 Å². The van der Waals surface area contributed by atoms with Crippen LogP contribution in [0.15, 0.2) is 206 Å². The number of allylic oxidation sites excluding steroid dienone is 2. The van der Waals surface area contributed by atoms with Crippen LogP contribution in [-0.2, 0) is 0 Å². The largest absolute Gasteiger partial charge is 0.364 e. The van der Waals surface area contributed by atoms with Crippen LogP contribution in [0.2, 0.25) is 0 Å². The van der Waals surface area contributed by atoms with Crippen molar-refractivity contribution in [2.24, 2.45) is 0 Å². The zero-order chi connectivity index (χ0) is 37.9. The summed E-state index contributed by atoms with van der Waals surface area (Å²) in [5.74, 6) is 0. The number of hydrogen-bond donors (Lipinski definition) is 0. The van der Waals surface area contributed by atoms with Gasteiger partial charge in [0.05, 0.1) is 22.6 Å². The number of pyridine rings is 1. The molecule has 0 spiro atoms. The maximum atomic E-state index is 5.01. The van der Waals surface area contributed by atoms with Crippen LogP contribution in [0.1, 0.15) is 22.7 Å². The number of fused-ring (bicyclic) bond motifs is 6. The predicted octanol–water partition coefficient (Wildman–Crippen LogP) is 13.1. The summed E-state index contributed by atoms with van der Waals surface area (Å²) in [5.41, 5.74) is 15.0. The molecule has 270 valence electrons. The lowest BCUT2D eigenvalue weighted by molar-refractivity contribution is 0.413. The van der Waals surface area contributed by atoms with Gasteiger partial charge < -0.3 is 9.47 Å². The molecule has 4 nitrogen and oxygen atoms in total. The highest BCUT2D eigenvalue weighted by Gasteiger charge is 2.25. The fraction of sp³-hybridized carbons (Fsp3) is 0.0377. The molecule has 57 heavy (non-hydrogen) atoms. The van der Waals surface area contributed by atoms with E-state index in [9.17, 15) is 0 Å². The molecule has 0 saturated carbocycles. The van der Waals surface area contributed by atoms with Crippen LogP contribution < -0.4 is 0 Å². The van der Waals surface area contributed by atoms with Crippen molar-refractivity contribution in [1.82, 2.24) is 19.0 Å². The molecule has 0 aliphatic carbocycles. The monoisotopic (exact) mass is 730 g/mol. The van der Waals surface area contributed by atoms with Crippen LogP contribution in [0.25, 0.3) is 77.5 Å². The first-order valence-electron chi connectivity index (χ1n) is 19.6. The molecule has 0 bridgehead atoms. The van der Waals surface area contributed by atoms with Gasteiger partial charge in [0, 0.05) is 57.4 Å². The van der Waals surface area contributed by atoms with E-state index in [4.69, 9.17) is 4.98 Å². The van der Waals surface area contributed by atoms with Gasteiger partial charge in [0.2, 0.25) is 0 Å². The Balaban J connectivity index is 1.11. The fourth-order valence-corrected chi connectivity index (χ4v) is 8.97. The molecule has 1 aliphatic heterocycles. The normalized spacial score (nSPS) is 14.4. The fourth-order valence-electron chi connectivity index (χ4n) is 8.97. The lowest BCUT2D eigenvalue weighted by Gasteiger charge is -2.35. The van der Waals surface area contributed by atoms with Gasteiger partial charge in [-0.1, -0.05) is 140 Å². The van der Waals surface area contributed by atoms with Crippen molar-refractivity contribution < 1.29 is 0 Å². The Bertz CT molecular complexity index is 3190. The van der Waals surface area contributed by atoms with E-state index < -0.39 is 0 Å². The average Bonchev–Trinajstić information content (AvgIpc) is 3.80. The van der Waals surface area contributed by atoms with Crippen LogP contribution in [0.5, 0.6) is 0 Å². The maximum absolute atomic E-state index is 5.01. The Morgan fingerprint density at radius 2 is 1.14 bits per heavy atom. The van der Waals surface area contributed by atoms with Gasteiger partial charge in [0.15, 0.2) is 0 Å². The lowest BCUT2D eigenvalue weighted by Crippen LogP contribution is -2.24. The third kappa shape index (κ3) is 5.41. The molecule has 1 unspecified atom stereocenters. The van der Waals surface area contributed by atoms with Crippen LogP contribution >= 0.6 is 0 Å². The number of likely N-dealkylation sites (N-methyl/N-ethyl adjacent to an activating group) is 1. The second-order valence-corrected chi connectivity index (χ2v) is 14.9. The van der Waals surface area contributed by atoms with Crippen LogP contribution in [0.3, 0.4) is 0 Å². The third-order valence-electron chi connectivity index (χ3n) is 11.6. The summed E-state index contributed by atoms with van der Waals surface area (Å²) in [5, 5.41) is 4.80. The molecule has 0 N–H and O–H groups in total. The van der Waals surface area contributed by atoms with E-state index in [-0.39, 0.29) is 6.04 Å². The first kappa shape index (κ1) is 33.0. The maximum Gasteiger partial charge on any atom is 0.145 e. The summed E-state index contributed by atoms with van der Waals surface area (Å²) in [4.78, 5) is 7.39. The van der Waals surface area contributed by atoms with E-state index in [0.29, 0.717) is 0 Å². The summed E-state index contributed by atoms with van der Waals surface area (Å²) in [6.45, 7) is 0. The average molecular weight is 731 g/mol. The molecule has 0 saturated heterocycles. The second-order valence-electron chi connectivity index (χ2n) is 14.9. The lowest BCUT2D eigenvalue weighted by atomic mass is 9.92. The summed E-state index contributed by atoms with van der Waals surface area (Å²) < 4.78 is 4.76.